The molecule has 2 N–H and O–H groups in total. The average molecular weight is 505 g/mol. The van der Waals surface area contributed by atoms with E-state index in [4.69, 9.17) is 14.0 Å². The first-order valence-corrected chi connectivity index (χ1v) is 12.8. The van der Waals surface area contributed by atoms with Crippen molar-refractivity contribution >= 4 is 17.7 Å². The lowest BCUT2D eigenvalue weighted by Crippen LogP contribution is -2.66. The van der Waals surface area contributed by atoms with E-state index in [0.717, 1.165) is 25.9 Å². The Morgan fingerprint density at radius 2 is 1.76 bits per heavy atom. The number of nitrogens with zero attached hydrogens (tertiary/aromatic N) is 2. The summed E-state index contributed by atoms with van der Waals surface area (Å²) in [6.45, 7) is 4.43. The van der Waals surface area contributed by atoms with Crippen molar-refractivity contribution in [3.63, 3.8) is 0 Å². The van der Waals surface area contributed by atoms with Gasteiger partial charge in [-0.1, -0.05) is 48.5 Å². The van der Waals surface area contributed by atoms with Crippen LogP contribution in [0.5, 0.6) is 11.5 Å². The maximum atomic E-state index is 13.8. The van der Waals surface area contributed by atoms with E-state index in [2.05, 4.69) is 10.5 Å². The van der Waals surface area contributed by atoms with Crippen LogP contribution in [-0.2, 0) is 26.3 Å². The lowest BCUT2D eigenvalue weighted by atomic mass is 9.81. The van der Waals surface area contributed by atoms with Gasteiger partial charge in [0.25, 0.3) is 5.91 Å². The number of rotatable bonds is 6. The quantitative estimate of drug-likeness (QED) is 0.391. The van der Waals surface area contributed by atoms with Crippen molar-refractivity contribution in [2.75, 3.05) is 31.5 Å². The largest absolute Gasteiger partial charge is 0.457 e. The summed E-state index contributed by atoms with van der Waals surface area (Å²) in [7, 11) is 0. The molecule has 1 atom stereocenters. The van der Waals surface area contributed by atoms with Gasteiger partial charge < -0.3 is 28.9 Å². The van der Waals surface area contributed by atoms with E-state index in [-0.39, 0.29) is 18.4 Å². The highest BCUT2D eigenvalue weighted by Gasteiger charge is 2.53. The van der Waals surface area contributed by atoms with Crippen LogP contribution in [0.15, 0.2) is 59.1 Å². The molecular formula is C28H30N3O6+. The Morgan fingerprint density at radius 3 is 2.38 bits per heavy atom. The van der Waals surface area contributed by atoms with Gasteiger partial charge in [-0.05, 0) is 12.1 Å². The van der Waals surface area contributed by atoms with Crippen LogP contribution in [0.25, 0.3) is 0 Å². The Balaban J connectivity index is 1.21. The minimum atomic E-state index is -1.98. The first-order valence-electron chi connectivity index (χ1n) is 12.8. The molecule has 0 saturated carbocycles. The molecule has 192 valence electrons. The Morgan fingerprint density at radius 1 is 1.11 bits per heavy atom. The number of esters is 1. The number of hydrogen-bond acceptors (Lipinski definition) is 7. The molecule has 1 aromatic heterocycles. The Bertz CT molecular complexity index is 1300. The highest BCUT2D eigenvalue weighted by atomic mass is 16.6. The second-order valence-electron chi connectivity index (χ2n) is 10.3. The molecule has 5 heterocycles. The molecule has 3 aromatic rings. The Kier molecular flexibility index (Phi) is 5.77. The van der Waals surface area contributed by atoms with Crippen molar-refractivity contribution in [1.82, 2.24) is 5.16 Å². The highest BCUT2D eigenvalue weighted by Crippen LogP contribution is 2.48. The number of carbonyl (C=O) groups is 2. The number of quaternary nitrogens is 1. The van der Waals surface area contributed by atoms with Gasteiger partial charge in [-0.25, -0.2) is 4.79 Å². The Hall–Kier alpha value is -3.69. The van der Waals surface area contributed by atoms with Gasteiger partial charge >= 0.3 is 5.97 Å². The highest BCUT2D eigenvalue weighted by molar-refractivity contribution is 5.91. The number of para-hydroxylation sites is 2. The van der Waals surface area contributed by atoms with Crippen molar-refractivity contribution < 1.29 is 33.2 Å². The number of fused-ring (bicyclic) bond motifs is 5. The van der Waals surface area contributed by atoms with Crippen LogP contribution in [0.3, 0.4) is 0 Å². The number of carbonyl (C=O) groups excluding carboxylic acids is 2. The number of benzene rings is 2. The van der Waals surface area contributed by atoms with E-state index in [1.165, 1.54) is 0 Å². The van der Waals surface area contributed by atoms with Crippen molar-refractivity contribution in [2.24, 2.45) is 5.92 Å². The van der Waals surface area contributed by atoms with Crippen LogP contribution < -0.4 is 10.1 Å². The summed E-state index contributed by atoms with van der Waals surface area (Å²) >= 11 is 0. The number of amides is 1. The number of anilines is 1. The fourth-order valence-electron chi connectivity index (χ4n) is 6.02. The summed E-state index contributed by atoms with van der Waals surface area (Å²) in [5, 5.41) is 18.6. The van der Waals surface area contributed by atoms with Crippen LogP contribution in [0, 0.1) is 5.92 Å². The van der Waals surface area contributed by atoms with Crippen LogP contribution in [0.1, 0.15) is 36.7 Å². The molecule has 2 aromatic carbocycles. The van der Waals surface area contributed by atoms with Crippen molar-refractivity contribution in [2.45, 2.75) is 37.9 Å². The van der Waals surface area contributed by atoms with Gasteiger partial charge in [-0.15, -0.1) is 0 Å². The molecule has 3 fully saturated rings. The summed E-state index contributed by atoms with van der Waals surface area (Å²) in [6, 6.07) is 15.7. The van der Waals surface area contributed by atoms with Crippen molar-refractivity contribution in [3.8, 4) is 11.5 Å². The third-order valence-corrected chi connectivity index (χ3v) is 8.02. The predicted molar refractivity (Wildman–Crippen MR) is 133 cm³/mol. The van der Waals surface area contributed by atoms with E-state index in [1.807, 2.05) is 6.92 Å². The average Bonchev–Trinajstić information content (AvgIpc) is 3.36. The molecule has 3 saturated heterocycles. The molecule has 0 unspecified atom stereocenters. The summed E-state index contributed by atoms with van der Waals surface area (Å²) in [4.78, 5) is 26.6. The number of hydrogen-bond donors (Lipinski definition) is 2. The molecule has 4 aliphatic rings. The van der Waals surface area contributed by atoms with E-state index in [9.17, 15) is 14.7 Å². The third-order valence-electron chi connectivity index (χ3n) is 8.02. The number of ether oxygens (including phenoxy) is 2. The fourth-order valence-corrected chi connectivity index (χ4v) is 6.02. The fraction of sp³-hybridized carbons (Fsp3) is 0.393. The van der Waals surface area contributed by atoms with Crippen LogP contribution >= 0.6 is 0 Å². The molecular weight excluding hydrogens is 474 g/mol. The lowest BCUT2D eigenvalue weighted by Gasteiger charge is -2.51. The molecule has 1 amide bonds. The molecule has 0 radical (unpaired) electrons. The molecule has 37 heavy (non-hydrogen) atoms. The molecule has 9 heteroatoms. The summed E-state index contributed by atoms with van der Waals surface area (Å²) in [5.41, 5.74) is -1.26. The minimum absolute atomic E-state index is 0.146. The second-order valence-corrected chi connectivity index (χ2v) is 10.3. The number of aryl methyl sites for hydroxylation is 1. The first kappa shape index (κ1) is 23.7. The van der Waals surface area contributed by atoms with Crippen LogP contribution in [0.4, 0.5) is 5.82 Å². The predicted octanol–water partition coefficient (Wildman–Crippen LogP) is 3.37. The lowest BCUT2D eigenvalue weighted by molar-refractivity contribution is -0.939. The summed E-state index contributed by atoms with van der Waals surface area (Å²) in [5.74, 6) is 1.31. The monoisotopic (exact) mass is 504 g/mol. The van der Waals surface area contributed by atoms with E-state index < -0.39 is 17.7 Å². The summed E-state index contributed by atoms with van der Waals surface area (Å²) in [6.07, 6.45) is 2.01. The van der Waals surface area contributed by atoms with Gasteiger partial charge in [0.05, 0.1) is 13.1 Å². The molecule has 0 spiro atoms. The smallest absolute Gasteiger partial charge is 0.348 e. The SMILES string of the molecule is CCc1cc(NC(=O)C[N+]23CCC(CC2)[C@@H](OC(=O)C2(O)c4ccccc4Oc4ccccc42)C3)no1. The standard InChI is InChI=1S/C28H29N3O6/c1-2-19-15-25(30-37-19)29-26(32)17-31-13-11-18(12-14-31)24(16-31)36-27(33)28(34)20-7-3-5-9-22(20)35-23-10-6-4-8-21(23)28/h3-10,15,18,24,34H,2,11-14,16-17H2,1H3/p+1/t18?,24-,31?/m0/s1. The van der Waals surface area contributed by atoms with Crippen molar-refractivity contribution in [1.29, 1.82) is 0 Å². The van der Waals surface area contributed by atoms with Gasteiger partial charge in [0.2, 0.25) is 5.60 Å². The molecule has 2 bridgehead atoms. The third kappa shape index (κ3) is 4.08. The van der Waals surface area contributed by atoms with E-state index >= 15 is 0 Å². The maximum absolute atomic E-state index is 13.8. The zero-order chi connectivity index (χ0) is 25.6. The number of aromatic nitrogens is 1. The van der Waals surface area contributed by atoms with Gasteiger partial charge in [0, 0.05) is 42.4 Å². The normalized spacial score (nSPS) is 24.9. The minimum Gasteiger partial charge on any atom is -0.457 e. The second kappa shape index (κ2) is 9.00. The molecule has 4 aliphatic heterocycles. The first-order chi connectivity index (χ1) is 17.9. The van der Waals surface area contributed by atoms with Crippen LogP contribution in [-0.4, -0.2) is 58.9 Å². The number of nitrogens with one attached hydrogen (secondary N) is 1. The maximum Gasteiger partial charge on any atom is 0.348 e. The molecule has 7 rings (SSSR count). The Labute approximate surface area is 214 Å². The zero-order valence-electron chi connectivity index (χ0n) is 20.7. The van der Waals surface area contributed by atoms with E-state index in [1.54, 1.807) is 54.6 Å². The topological polar surface area (TPSA) is 111 Å². The molecule has 9 nitrogen and oxygen atoms in total. The number of piperidine rings is 3. The molecule has 0 aliphatic carbocycles. The van der Waals surface area contributed by atoms with Gasteiger partial charge in [-0.3, -0.25) is 4.79 Å². The zero-order valence-corrected chi connectivity index (χ0v) is 20.7. The number of aliphatic hydroxyl groups is 1. The van der Waals surface area contributed by atoms with Gasteiger partial charge in [0.1, 0.15) is 23.8 Å². The van der Waals surface area contributed by atoms with Gasteiger partial charge in [0.15, 0.2) is 18.5 Å². The summed E-state index contributed by atoms with van der Waals surface area (Å²) < 4.78 is 17.8. The van der Waals surface area contributed by atoms with Gasteiger partial charge in [-0.2, -0.15) is 0 Å². The van der Waals surface area contributed by atoms with Crippen LogP contribution in [0.2, 0.25) is 0 Å². The van der Waals surface area contributed by atoms with Crippen molar-refractivity contribution in [3.05, 3.63) is 71.5 Å². The van der Waals surface area contributed by atoms with E-state index in [0.29, 0.717) is 51.7 Å².